The Morgan fingerprint density at radius 1 is 1.42 bits per heavy atom. The van der Waals surface area contributed by atoms with E-state index in [0.717, 1.165) is 5.56 Å². The van der Waals surface area contributed by atoms with E-state index in [1.807, 2.05) is 18.2 Å². The average molecular weight is 179 g/mol. The van der Waals surface area contributed by atoms with E-state index in [4.69, 9.17) is 10.00 Å². The Balaban J connectivity index is 2.77. The molecule has 0 aliphatic heterocycles. The summed E-state index contributed by atoms with van der Waals surface area (Å²) in [5, 5.41) is 8.69. The molecule has 3 heteroatoms. The molecule has 12 heavy (non-hydrogen) atoms. The van der Waals surface area contributed by atoms with Crippen LogP contribution in [0.25, 0.3) is 0 Å². The van der Waals surface area contributed by atoms with Crippen molar-refractivity contribution in [2.45, 2.75) is 6.61 Å². The van der Waals surface area contributed by atoms with Crippen molar-refractivity contribution < 1.29 is 4.74 Å². The number of rotatable bonds is 3. The van der Waals surface area contributed by atoms with Gasteiger partial charge in [-0.15, -0.1) is 0 Å². The quantitative estimate of drug-likeness (QED) is 0.568. The number of hydrogen-bond acceptors (Lipinski definition) is 3. The van der Waals surface area contributed by atoms with Gasteiger partial charge in [-0.2, -0.15) is 17.9 Å². The summed E-state index contributed by atoms with van der Waals surface area (Å²) in [6.07, 6.45) is 0. The monoisotopic (exact) mass is 179 g/mol. The number of nitriles is 1. The van der Waals surface area contributed by atoms with Crippen molar-refractivity contribution in [3.8, 4) is 6.07 Å². The van der Waals surface area contributed by atoms with Crippen molar-refractivity contribution in [1.82, 2.24) is 0 Å². The lowest BCUT2D eigenvalue weighted by molar-refractivity contribution is 0.170. The molecule has 0 aliphatic rings. The summed E-state index contributed by atoms with van der Waals surface area (Å²) in [5.74, 6) is 0.375. The Kier molecular flexibility index (Phi) is 3.65. The third-order valence-electron chi connectivity index (χ3n) is 1.49. The molecule has 0 fully saturated rings. The highest BCUT2D eigenvalue weighted by molar-refractivity contribution is 7.80. The van der Waals surface area contributed by atoms with E-state index in [0.29, 0.717) is 18.1 Å². The van der Waals surface area contributed by atoms with Crippen molar-refractivity contribution in [3.63, 3.8) is 0 Å². The summed E-state index contributed by atoms with van der Waals surface area (Å²) >= 11 is 3.91. The van der Waals surface area contributed by atoms with E-state index >= 15 is 0 Å². The number of thiol groups is 1. The summed E-state index contributed by atoms with van der Waals surface area (Å²) in [6.45, 7) is 0.452. The zero-order chi connectivity index (χ0) is 8.81. The van der Waals surface area contributed by atoms with Crippen molar-refractivity contribution in [3.05, 3.63) is 35.4 Å². The molecular formula is C9H9NOS. The number of benzene rings is 1. The van der Waals surface area contributed by atoms with Crippen molar-refractivity contribution >= 4 is 12.6 Å². The zero-order valence-corrected chi connectivity index (χ0v) is 7.42. The van der Waals surface area contributed by atoms with Gasteiger partial charge >= 0.3 is 0 Å². The highest BCUT2D eigenvalue weighted by Gasteiger charge is 1.98. The molecule has 1 rings (SSSR count). The smallest absolute Gasteiger partial charge is 0.0995 e. The summed E-state index contributed by atoms with van der Waals surface area (Å²) in [6, 6.07) is 9.47. The van der Waals surface area contributed by atoms with Crippen LogP contribution < -0.4 is 0 Å². The molecule has 0 radical (unpaired) electrons. The highest BCUT2D eigenvalue weighted by atomic mass is 32.1. The first-order valence-electron chi connectivity index (χ1n) is 3.55. The van der Waals surface area contributed by atoms with Crippen molar-refractivity contribution in [2.24, 2.45) is 0 Å². The van der Waals surface area contributed by atoms with Crippen LogP contribution in [-0.4, -0.2) is 5.94 Å². The SMILES string of the molecule is N#Cc1ccccc1COCS. The van der Waals surface area contributed by atoms with Gasteiger partial charge < -0.3 is 4.74 Å². The Labute approximate surface area is 77.2 Å². The van der Waals surface area contributed by atoms with Crippen LogP contribution in [0, 0.1) is 11.3 Å². The minimum Gasteiger partial charge on any atom is -0.366 e. The first-order valence-corrected chi connectivity index (χ1v) is 4.18. The molecule has 2 nitrogen and oxygen atoms in total. The first kappa shape index (κ1) is 9.11. The number of hydrogen-bond donors (Lipinski definition) is 1. The van der Waals surface area contributed by atoms with Gasteiger partial charge in [-0.3, -0.25) is 0 Å². The predicted octanol–water partition coefficient (Wildman–Crippen LogP) is 1.96. The van der Waals surface area contributed by atoms with E-state index in [9.17, 15) is 0 Å². The van der Waals surface area contributed by atoms with Crippen molar-refractivity contribution in [2.75, 3.05) is 5.94 Å². The third-order valence-corrected chi connectivity index (χ3v) is 1.67. The standard InChI is InChI=1S/C9H9NOS/c10-5-8-3-1-2-4-9(8)6-11-7-12/h1-4,12H,6-7H2. The minimum absolute atomic E-state index is 0.375. The van der Waals surface area contributed by atoms with Crippen molar-refractivity contribution in [1.29, 1.82) is 5.26 Å². The van der Waals surface area contributed by atoms with Gasteiger partial charge in [0.15, 0.2) is 0 Å². The second-order valence-corrected chi connectivity index (χ2v) is 2.50. The van der Waals surface area contributed by atoms with Crippen LogP contribution in [0.1, 0.15) is 11.1 Å². The van der Waals surface area contributed by atoms with E-state index < -0.39 is 0 Å². The molecule has 0 amide bonds. The van der Waals surface area contributed by atoms with Gasteiger partial charge in [0.05, 0.1) is 24.2 Å². The van der Waals surface area contributed by atoms with Crippen LogP contribution in [0.15, 0.2) is 24.3 Å². The molecule has 1 aromatic carbocycles. The maximum Gasteiger partial charge on any atom is 0.0995 e. The fraction of sp³-hybridized carbons (Fsp3) is 0.222. The van der Waals surface area contributed by atoms with Gasteiger partial charge in [0, 0.05) is 0 Å². The van der Waals surface area contributed by atoms with Crippen LogP contribution in [0.5, 0.6) is 0 Å². The Morgan fingerprint density at radius 3 is 2.83 bits per heavy atom. The summed E-state index contributed by atoms with van der Waals surface area (Å²) in [4.78, 5) is 0. The van der Waals surface area contributed by atoms with E-state index in [2.05, 4.69) is 18.7 Å². The van der Waals surface area contributed by atoms with E-state index in [-0.39, 0.29) is 0 Å². The average Bonchev–Trinajstić information content (AvgIpc) is 2.15. The molecule has 0 atom stereocenters. The minimum atomic E-state index is 0.375. The van der Waals surface area contributed by atoms with Gasteiger partial charge in [0.2, 0.25) is 0 Å². The molecule has 0 aromatic heterocycles. The molecule has 0 saturated heterocycles. The van der Waals surface area contributed by atoms with Crippen LogP contribution >= 0.6 is 12.6 Å². The van der Waals surface area contributed by atoms with Gasteiger partial charge in [0.25, 0.3) is 0 Å². The summed E-state index contributed by atoms with van der Waals surface area (Å²) < 4.78 is 5.08. The Hall–Kier alpha value is -0.980. The Morgan fingerprint density at radius 2 is 2.17 bits per heavy atom. The van der Waals surface area contributed by atoms with E-state index in [1.54, 1.807) is 6.07 Å². The van der Waals surface area contributed by atoms with Crippen LogP contribution in [0.4, 0.5) is 0 Å². The molecular weight excluding hydrogens is 170 g/mol. The summed E-state index contributed by atoms with van der Waals surface area (Å²) in [7, 11) is 0. The largest absolute Gasteiger partial charge is 0.366 e. The van der Waals surface area contributed by atoms with Crippen LogP contribution in [0.3, 0.4) is 0 Å². The molecule has 0 aliphatic carbocycles. The van der Waals surface area contributed by atoms with Crippen LogP contribution in [-0.2, 0) is 11.3 Å². The molecule has 0 bridgehead atoms. The number of nitrogens with zero attached hydrogens (tertiary/aromatic N) is 1. The lowest BCUT2D eigenvalue weighted by Crippen LogP contribution is -1.93. The van der Waals surface area contributed by atoms with Gasteiger partial charge in [0.1, 0.15) is 0 Å². The van der Waals surface area contributed by atoms with E-state index in [1.165, 1.54) is 0 Å². The highest BCUT2D eigenvalue weighted by Crippen LogP contribution is 2.08. The Bertz CT molecular complexity index is 293. The maximum atomic E-state index is 8.69. The number of ether oxygens (including phenoxy) is 1. The van der Waals surface area contributed by atoms with Gasteiger partial charge in [-0.1, -0.05) is 18.2 Å². The maximum absolute atomic E-state index is 8.69. The summed E-state index contributed by atoms with van der Waals surface area (Å²) in [5.41, 5.74) is 1.58. The molecule has 0 N–H and O–H groups in total. The third kappa shape index (κ3) is 2.26. The predicted molar refractivity (Wildman–Crippen MR) is 49.8 cm³/mol. The fourth-order valence-corrected chi connectivity index (χ4v) is 1.00. The molecule has 0 heterocycles. The second-order valence-electron chi connectivity index (χ2n) is 2.25. The second kappa shape index (κ2) is 4.81. The fourth-order valence-electron chi connectivity index (χ4n) is 0.911. The molecule has 62 valence electrons. The molecule has 0 unspecified atom stereocenters. The molecule has 0 saturated carbocycles. The molecule has 1 aromatic rings. The van der Waals surface area contributed by atoms with Gasteiger partial charge in [-0.25, -0.2) is 0 Å². The topological polar surface area (TPSA) is 33.0 Å². The molecule has 0 spiro atoms. The lowest BCUT2D eigenvalue weighted by atomic mass is 10.1. The lowest BCUT2D eigenvalue weighted by Gasteiger charge is -2.01. The van der Waals surface area contributed by atoms with Gasteiger partial charge in [-0.05, 0) is 11.6 Å². The van der Waals surface area contributed by atoms with Crippen LogP contribution in [0.2, 0.25) is 0 Å². The first-order chi connectivity index (χ1) is 5.88. The zero-order valence-electron chi connectivity index (χ0n) is 6.53. The normalized spacial score (nSPS) is 9.33.